The van der Waals surface area contributed by atoms with E-state index in [-0.39, 0.29) is 12.4 Å². The maximum absolute atomic E-state index is 13.5. The first-order valence-electron chi connectivity index (χ1n) is 11.1. The predicted molar refractivity (Wildman–Crippen MR) is 148 cm³/mol. The van der Waals surface area contributed by atoms with E-state index in [4.69, 9.17) is 32.7 Å². The smallest absolute Gasteiger partial charge is 0.220 e. The molecule has 0 bridgehead atoms. The van der Waals surface area contributed by atoms with E-state index < -0.39 is 16.7 Å². The SMILES string of the molecule is COc1cc([C@@H](C[N+](=O)[O-])Sc2nnc(C)n2-c2ccc(F)cc2)cc(Br)c1OCc1ccc(Cl)cc1Cl. The molecule has 1 aromatic heterocycles. The van der Waals surface area contributed by atoms with Gasteiger partial charge in [0.2, 0.25) is 6.54 Å². The molecule has 0 radical (unpaired) electrons. The molecule has 38 heavy (non-hydrogen) atoms. The Labute approximate surface area is 240 Å². The van der Waals surface area contributed by atoms with Crippen molar-refractivity contribution >= 4 is 50.9 Å². The van der Waals surface area contributed by atoms with Crippen molar-refractivity contribution in [3.05, 3.63) is 102 Å². The molecule has 0 aliphatic carbocycles. The van der Waals surface area contributed by atoms with Gasteiger partial charge in [-0.05, 0) is 76.9 Å². The molecule has 4 aromatic rings. The van der Waals surface area contributed by atoms with Gasteiger partial charge in [0, 0.05) is 26.2 Å². The highest BCUT2D eigenvalue weighted by molar-refractivity contribution is 9.10. The molecule has 1 heterocycles. The zero-order valence-electron chi connectivity index (χ0n) is 20.0. The molecule has 1 atom stereocenters. The van der Waals surface area contributed by atoms with Crippen LogP contribution in [0, 0.1) is 22.9 Å². The Balaban J connectivity index is 1.65. The molecular weight excluding hydrogens is 622 g/mol. The Morgan fingerprint density at radius 1 is 1.16 bits per heavy atom. The van der Waals surface area contributed by atoms with E-state index in [2.05, 4.69) is 26.1 Å². The van der Waals surface area contributed by atoms with Crippen LogP contribution >= 0.6 is 50.9 Å². The Kier molecular flexibility index (Phi) is 9.14. The van der Waals surface area contributed by atoms with E-state index in [9.17, 15) is 14.5 Å². The molecule has 0 unspecified atom stereocenters. The monoisotopic (exact) mass is 640 g/mol. The van der Waals surface area contributed by atoms with Gasteiger partial charge in [0.05, 0.1) is 11.6 Å². The number of benzene rings is 3. The summed E-state index contributed by atoms with van der Waals surface area (Å²) < 4.78 is 27.3. The highest BCUT2D eigenvalue weighted by Crippen LogP contribution is 2.43. The first-order chi connectivity index (χ1) is 18.2. The number of methoxy groups -OCH3 is 1. The first kappa shape index (κ1) is 28.2. The maximum Gasteiger partial charge on any atom is 0.220 e. The zero-order valence-corrected chi connectivity index (χ0v) is 23.9. The molecule has 0 N–H and O–H groups in total. The molecule has 0 saturated carbocycles. The summed E-state index contributed by atoms with van der Waals surface area (Å²) in [6, 6.07) is 14.4. The lowest BCUT2D eigenvalue weighted by molar-refractivity contribution is -0.479. The van der Waals surface area contributed by atoms with E-state index in [1.54, 1.807) is 54.0 Å². The van der Waals surface area contributed by atoms with Gasteiger partial charge in [-0.1, -0.05) is 41.0 Å². The number of hydrogen-bond acceptors (Lipinski definition) is 7. The number of ether oxygens (including phenoxy) is 2. The van der Waals surface area contributed by atoms with E-state index in [0.29, 0.717) is 48.2 Å². The molecule has 4 rings (SSSR count). The van der Waals surface area contributed by atoms with Gasteiger partial charge < -0.3 is 9.47 Å². The third-order valence-corrected chi connectivity index (χ3v) is 7.81. The van der Waals surface area contributed by atoms with Gasteiger partial charge in [0.1, 0.15) is 23.5 Å². The number of thioether (sulfide) groups is 1. The Bertz CT molecular complexity index is 1470. The third kappa shape index (κ3) is 6.58. The number of hydrogen-bond donors (Lipinski definition) is 0. The van der Waals surface area contributed by atoms with Gasteiger partial charge in [-0.15, -0.1) is 10.2 Å². The Morgan fingerprint density at radius 2 is 1.89 bits per heavy atom. The molecule has 0 amide bonds. The summed E-state index contributed by atoms with van der Waals surface area (Å²) in [7, 11) is 1.48. The van der Waals surface area contributed by atoms with E-state index in [0.717, 1.165) is 5.56 Å². The second-order valence-electron chi connectivity index (χ2n) is 8.02. The second kappa shape index (κ2) is 12.3. The van der Waals surface area contributed by atoms with Crippen LogP contribution in [0.1, 0.15) is 22.2 Å². The first-order valence-corrected chi connectivity index (χ1v) is 13.5. The zero-order chi connectivity index (χ0) is 27.4. The summed E-state index contributed by atoms with van der Waals surface area (Å²) in [5.41, 5.74) is 1.98. The second-order valence-corrected chi connectivity index (χ2v) is 10.9. The molecule has 0 saturated heterocycles. The van der Waals surface area contributed by atoms with Crippen molar-refractivity contribution in [3.8, 4) is 17.2 Å². The number of rotatable bonds is 10. The molecule has 8 nitrogen and oxygen atoms in total. The van der Waals surface area contributed by atoms with Gasteiger partial charge in [0.25, 0.3) is 0 Å². The molecule has 0 aliphatic heterocycles. The van der Waals surface area contributed by atoms with Crippen LogP contribution in [0.5, 0.6) is 11.5 Å². The topological polar surface area (TPSA) is 92.3 Å². The van der Waals surface area contributed by atoms with Crippen LogP contribution in [0.15, 0.2) is 64.2 Å². The average molecular weight is 642 g/mol. The standard InChI is InChI=1S/C25H20BrCl2FN4O4S/c1-14-30-31-25(33(14)19-7-5-18(29)6-8-19)38-23(12-32(34)35)16-9-20(26)24(22(10-16)36-2)37-13-15-3-4-17(27)11-21(15)28/h3-11,23H,12-13H2,1-2H3/t23-/m1/s1. The van der Waals surface area contributed by atoms with E-state index >= 15 is 0 Å². The molecule has 13 heteroatoms. The van der Waals surface area contributed by atoms with Crippen molar-refractivity contribution in [3.63, 3.8) is 0 Å². The lowest BCUT2D eigenvalue weighted by Gasteiger charge is -2.18. The molecule has 3 aromatic carbocycles. The molecule has 0 fully saturated rings. The minimum atomic E-state index is -0.655. The molecular formula is C25H20BrCl2FN4O4S. The predicted octanol–water partition coefficient (Wildman–Crippen LogP) is 7.48. The summed E-state index contributed by atoms with van der Waals surface area (Å²) in [4.78, 5) is 11.2. The van der Waals surface area contributed by atoms with Crippen LogP contribution in [-0.4, -0.2) is 33.3 Å². The van der Waals surface area contributed by atoms with Crippen molar-refractivity contribution in [2.45, 2.75) is 23.9 Å². The fourth-order valence-corrected chi connectivity index (χ4v) is 5.83. The van der Waals surface area contributed by atoms with Crippen molar-refractivity contribution < 1.29 is 18.8 Å². The van der Waals surface area contributed by atoms with Gasteiger partial charge in [-0.25, -0.2) is 4.39 Å². The number of nitro groups is 1. The highest BCUT2D eigenvalue weighted by atomic mass is 79.9. The van der Waals surface area contributed by atoms with Gasteiger partial charge in [0.15, 0.2) is 16.7 Å². The lowest BCUT2D eigenvalue weighted by atomic mass is 10.1. The van der Waals surface area contributed by atoms with Crippen molar-refractivity contribution in [2.75, 3.05) is 13.7 Å². The fourth-order valence-electron chi connectivity index (χ4n) is 3.63. The van der Waals surface area contributed by atoms with Crippen molar-refractivity contribution in [1.82, 2.24) is 14.8 Å². The fraction of sp³-hybridized carbons (Fsp3) is 0.200. The number of aryl methyl sites for hydroxylation is 1. The van der Waals surface area contributed by atoms with Gasteiger partial charge >= 0.3 is 0 Å². The summed E-state index contributed by atoms with van der Waals surface area (Å²) in [5, 5.41) is 20.7. The van der Waals surface area contributed by atoms with Crippen LogP contribution in [0.2, 0.25) is 10.0 Å². The maximum atomic E-state index is 13.5. The number of nitrogens with zero attached hydrogens (tertiary/aromatic N) is 4. The van der Waals surface area contributed by atoms with Crippen LogP contribution < -0.4 is 9.47 Å². The van der Waals surface area contributed by atoms with E-state index in [1.165, 1.54) is 31.0 Å². The Hall–Kier alpha value is -2.86. The van der Waals surface area contributed by atoms with Crippen LogP contribution in [0.25, 0.3) is 5.69 Å². The number of aromatic nitrogens is 3. The van der Waals surface area contributed by atoms with Crippen LogP contribution in [0.4, 0.5) is 4.39 Å². The minimum absolute atomic E-state index is 0.150. The third-order valence-electron chi connectivity index (χ3n) is 5.45. The quantitative estimate of drug-likeness (QED) is 0.101. The van der Waals surface area contributed by atoms with E-state index in [1.807, 2.05) is 0 Å². The molecule has 0 spiro atoms. The number of halogens is 4. The summed E-state index contributed by atoms with van der Waals surface area (Å²) in [5.74, 6) is 0.974. The van der Waals surface area contributed by atoms with Gasteiger partial charge in [-0.2, -0.15) is 0 Å². The normalized spacial score (nSPS) is 11.8. The Morgan fingerprint density at radius 3 is 2.55 bits per heavy atom. The van der Waals surface area contributed by atoms with Crippen molar-refractivity contribution in [2.24, 2.45) is 0 Å². The van der Waals surface area contributed by atoms with Crippen LogP contribution in [0.3, 0.4) is 0 Å². The summed E-state index contributed by atoms with van der Waals surface area (Å²) in [6.45, 7) is 1.51. The van der Waals surface area contributed by atoms with Crippen molar-refractivity contribution in [1.29, 1.82) is 0 Å². The molecule has 198 valence electrons. The van der Waals surface area contributed by atoms with Crippen LogP contribution in [-0.2, 0) is 6.61 Å². The lowest BCUT2D eigenvalue weighted by Crippen LogP contribution is -2.12. The average Bonchev–Trinajstić information content (AvgIpc) is 3.23. The summed E-state index contributed by atoms with van der Waals surface area (Å²) in [6.07, 6.45) is 0. The van der Waals surface area contributed by atoms with Gasteiger partial charge in [-0.3, -0.25) is 14.7 Å². The largest absolute Gasteiger partial charge is 0.493 e. The highest BCUT2D eigenvalue weighted by Gasteiger charge is 2.26. The molecule has 0 aliphatic rings. The summed E-state index contributed by atoms with van der Waals surface area (Å²) >= 11 is 16.9. The minimum Gasteiger partial charge on any atom is -0.493 e.